The van der Waals surface area contributed by atoms with E-state index in [1.165, 1.54) is 17.5 Å². The quantitative estimate of drug-likeness (QED) is 0.426. The van der Waals surface area contributed by atoms with E-state index in [4.69, 9.17) is 33.9 Å². The van der Waals surface area contributed by atoms with Gasteiger partial charge in [0.25, 0.3) is 0 Å². The highest BCUT2D eigenvalue weighted by atomic mass is 35.5. The highest BCUT2D eigenvalue weighted by molar-refractivity contribution is 6.18. The fraction of sp³-hybridized carbons (Fsp3) is 0.364. The Labute approximate surface area is 187 Å². The van der Waals surface area contributed by atoms with Crippen LogP contribution >= 0.6 is 23.2 Å². The van der Waals surface area contributed by atoms with Crippen LogP contribution in [-0.2, 0) is 4.79 Å². The predicted molar refractivity (Wildman–Crippen MR) is 126 cm³/mol. The third kappa shape index (κ3) is 5.58. The normalized spacial score (nSPS) is 18.0. The highest BCUT2D eigenvalue weighted by Gasteiger charge is 2.31. The van der Waals surface area contributed by atoms with E-state index in [1.807, 2.05) is 31.3 Å². The molecule has 0 fully saturated rings. The molecule has 1 unspecified atom stereocenters. The van der Waals surface area contributed by atoms with Crippen LogP contribution in [0.25, 0.3) is 6.08 Å². The number of fused-ring (bicyclic) bond motifs is 1. The number of nitrogens with zero attached hydrogens (tertiary/aromatic N) is 3. The molecule has 1 aromatic carbocycles. The van der Waals surface area contributed by atoms with Crippen molar-refractivity contribution in [2.24, 2.45) is 10.7 Å². The van der Waals surface area contributed by atoms with Crippen LogP contribution in [0.1, 0.15) is 12.0 Å². The smallest absolute Gasteiger partial charge is 0.241 e. The number of carbonyl (C=O) groups is 1. The molecule has 0 radical (unpaired) electrons. The number of allylic oxidation sites excluding steroid dienone is 2. The Morgan fingerprint density at radius 3 is 2.80 bits per heavy atom. The summed E-state index contributed by atoms with van der Waals surface area (Å²) in [4.78, 5) is 20.3. The minimum atomic E-state index is -0.463. The number of amidine groups is 1. The number of rotatable bonds is 10. The van der Waals surface area contributed by atoms with Crippen molar-refractivity contribution in [3.63, 3.8) is 0 Å². The second-order valence-electron chi connectivity index (χ2n) is 7.15. The van der Waals surface area contributed by atoms with Gasteiger partial charge in [0, 0.05) is 61.5 Å². The van der Waals surface area contributed by atoms with Gasteiger partial charge in [-0.25, -0.2) is 0 Å². The molecule has 1 amide bonds. The van der Waals surface area contributed by atoms with Crippen molar-refractivity contribution in [1.82, 2.24) is 9.80 Å². The number of hydrogen-bond donors (Lipinski definition) is 2. The lowest BCUT2D eigenvalue weighted by molar-refractivity contribution is -0.113. The molecule has 6 nitrogen and oxygen atoms in total. The van der Waals surface area contributed by atoms with Gasteiger partial charge in [-0.3, -0.25) is 9.79 Å². The predicted octanol–water partition coefficient (Wildman–Crippen LogP) is 3.26. The molecule has 3 N–H and O–H groups in total. The van der Waals surface area contributed by atoms with Gasteiger partial charge in [0.15, 0.2) is 0 Å². The lowest BCUT2D eigenvalue weighted by Crippen LogP contribution is -2.32. The number of carbonyl (C=O) groups excluding carboxylic acids is 1. The van der Waals surface area contributed by atoms with Crippen LogP contribution < -0.4 is 11.1 Å². The fourth-order valence-corrected chi connectivity index (χ4v) is 4.05. The van der Waals surface area contributed by atoms with E-state index in [0.717, 1.165) is 36.6 Å². The van der Waals surface area contributed by atoms with Crippen LogP contribution in [0.15, 0.2) is 58.9 Å². The van der Waals surface area contributed by atoms with Gasteiger partial charge in [-0.15, -0.1) is 23.2 Å². The minimum Gasteiger partial charge on any atom is -0.378 e. The molecule has 160 valence electrons. The van der Waals surface area contributed by atoms with E-state index < -0.39 is 5.91 Å². The minimum absolute atomic E-state index is 0.116. The molecule has 0 bridgehead atoms. The summed E-state index contributed by atoms with van der Waals surface area (Å²) in [5.74, 6) is 1.67. The molecule has 1 aromatic rings. The standard InChI is InChI=1S/C22H27Cl2N5O/c1-28-20-7-6-18(29(11-9-23)12-10-24)14-19(20)27-22(28)15-26-17-4-2-3-16(13-17)5-8-21(25)30/h2-8,13,19,26H,9-12,14-15H2,1H3,(H2,25,30). The number of alkyl halides is 2. The van der Waals surface area contributed by atoms with E-state index in [0.29, 0.717) is 18.3 Å². The average molecular weight is 448 g/mol. The molecule has 3 rings (SSSR count). The van der Waals surface area contributed by atoms with E-state index in [-0.39, 0.29) is 6.04 Å². The molecule has 0 saturated carbocycles. The number of aliphatic imine (C=N–C) groups is 1. The number of hydrogen-bond acceptors (Lipinski definition) is 5. The van der Waals surface area contributed by atoms with Crippen LogP contribution in [0, 0.1) is 0 Å². The summed E-state index contributed by atoms with van der Waals surface area (Å²) in [6.07, 6.45) is 8.20. The van der Waals surface area contributed by atoms with Crippen molar-refractivity contribution in [1.29, 1.82) is 0 Å². The third-order valence-electron chi connectivity index (χ3n) is 5.16. The molecule has 1 aliphatic carbocycles. The molecule has 0 saturated heterocycles. The first-order valence-electron chi connectivity index (χ1n) is 9.91. The molecular weight excluding hydrogens is 421 g/mol. The van der Waals surface area contributed by atoms with Crippen LogP contribution in [0.5, 0.6) is 0 Å². The number of halogens is 2. The van der Waals surface area contributed by atoms with Gasteiger partial charge in [0.1, 0.15) is 5.84 Å². The number of nitrogens with one attached hydrogen (secondary N) is 1. The first kappa shape index (κ1) is 22.2. The van der Waals surface area contributed by atoms with E-state index in [1.54, 1.807) is 6.08 Å². The van der Waals surface area contributed by atoms with Crippen molar-refractivity contribution in [3.05, 3.63) is 59.5 Å². The summed E-state index contributed by atoms with van der Waals surface area (Å²) >= 11 is 11.9. The Morgan fingerprint density at radius 2 is 2.10 bits per heavy atom. The topological polar surface area (TPSA) is 74.0 Å². The van der Waals surface area contributed by atoms with Gasteiger partial charge in [0.05, 0.1) is 12.6 Å². The number of likely N-dealkylation sites (N-methyl/N-ethyl adjacent to an activating group) is 1. The number of nitrogens with two attached hydrogens (primary N) is 1. The van der Waals surface area contributed by atoms with Gasteiger partial charge in [0.2, 0.25) is 5.91 Å². The van der Waals surface area contributed by atoms with Gasteiger partial charge in [-0.2, -0.15) is 0 Å². The SMILES string of the molecule is CN1C2=CC=C(N(CCCl)CCCl)CC2N=C1CNc1cccc(C=CC(N)=O)c1. The van der Waals surface area contributed by atoms with Gasteiger partial charge in [-0.1, -0.05) is 12.1 Å². The summed E-state index contributed by atoms with van der Waals surface area (Å²) in [5.41, 5.74) is 9.45. The zero-order valence-electron chi connectivity index (χ0n) is 17.0. The lowest BCUT2D eigenvalue weighted by Gasteiger charge is -2.30. The molecule has 0 spiro atoms. The lowest BCUT2D eigenvalue weighted by atomic mass is 10.0. The number of primary amides is 1. The van der Waals surface area contributed by atoms with Crippen LogP contribution in [0.4, 0.5) is 5.69 Å². The van der Waals surface area contributed by atoms with Crippen molar-refractivity contribution in [2.75, 3.05) is 43.8 Å². The Bertz CT molecular complexity index is 887. The maximum absolute atomic E-state index is 10.9. The van der Waals surface area contributed by atoms with Crippen molar-refractivity contribution < 1.29 is 4.79 Å². The Hall–Kier alpha value is -2.44. The summed E-state index contributed by atoms with van der Waals surface area (Å²) < 4.78 is 0. The molecule has 1 aliphatic heterocycles. The van der Waals surface area contributed by atoms with Gasteiger partial charge in [-0.05, 0) is 35.9 Å². The van der Waals surface area contributed by atoms with Crippen LogP contribution in [0.2, 0.25) is 0 Å². The van der Waals surface area contributed by atoms with Gasteiger partial charge < -0.3 is 20.9 Å². The largest absolute Gasteiger partial charge is 0.378 e. The number of benzene rings is 1. The van der Waals surface area contributed by atoms with E-state index in [2.05, 4.69) is 27.3 Å². The van der Waals surface area contributed by atoms with Crippen molar-refractivity contribution >= 4 is 46.7 Å². The van der Waals surface area contributed by atoms with Gasteiger partial charge >= 0.3 is 0 Å². The molecular formula is C22H27Cl2N5O. The second kappa shape index (κ2) is 10.5. The zero-order chi connectivity index (χ0) is 21.5. The summed E-state index contributed by atoms with van der Waals surface area (Å²) in [6.45, 7) is 2.17. The first-order valence-corrected chi connectivity index (χ1v) is 11.0. The summed E-state index contributed by atoms with van der Waals surface area (Å²) in [6, 6.07) is 7.93. The number of amides is 1. The maximum Gasteiger partial charge on any atom is 0.241 e. The second-order valence-corrected chi connectivity index (χ2v) is 7.91. The highest BCUT2D eigenvalue weighted by Crippen LogP contribution is 2.31. The molecule has 30 heavy (non-hydrogen) atoms. The number of anilines is 1. The summed E-state index contributed by atoms with van der Waals surface area (Å²) in [7, 11) is 2.05. The van der Waals surface area contributed by atoms with Crippen molar-refractivity contribution in [3.8, 4) is 0 Å². The molecule has 1 heterocycles. The third-order valence-corrected chi connectivity index (χ3v) is 5.50. The molecule has 2 aliphatic rings. The van der Waals surface area contributed by atoms with E-state index >= 15 is 0 Å². The monoisotopic (exact) mass is 447 g/mol. The molecule has 1 atom stereocenters. The Balaban J connectivity index is 1.64. The average Bonchev–Trinajstić information content (AvgIpc) is 3.06. The molecule has 0 aromatic heterocycles. The molecule has 8 heteroatoms. The fourth-order valence-electron chi connectivity index (χ4n) is 3.64. The summed E-state index contributed by atoms with van der Waals surface area (Å²) in [5, 5.41) is 3.42. The van der Waals surface area contributed by atoms with Crippen LogP contribution in [0.3, 0.4) is 0 Å². The van der Waals surface area contributed by atoms with Crippen LogP contribution in [-0.4, -0.2) is 66.0 Å². The van der Waals surface area contributed by atoms with Crippen molar-refractivity contribution in [2.45, 2.75) is 12.5 Å². The maximum atomic E-state index is 10.9. The van der Waals surface area contributed by atoms with E-state index in [9.17, 15) is 4.79 Å². The first-order chi connectivity index (χ1) is 14.5. The zero-order valence-corrected chi connectivity index (χ0v) is 18.5. The Kier molecular flexibility index (Phi) is 7.82. The Morgan fingerprint density at radius 1 is 1.33 bits per heavy atom.